The van der Waals surface area contributed by atoms with Crippen molar-refractivity contribution in [1.29, 1.82) is 0 Å². The molecule has 4 atom stereocenters. The summed E-state index contributed by atoms with van der Waals surface area (Å²) in [5.74, 6) is 2.45. The number of benzene rings is 2. The fourth-order valence-electron chi connectivity index (χ4n) is 17.6. The van der Waals surface area contributed by atoms with E-state index in [-0.39, 0.29) is 0 Å². The quantitative estimate of drug-likeness (QED) is 0.0281. The highest BCUT2D eigenvalue weighted by atomic mass is 32.1. The standard InChI is InChI=1S/C50H70O2S2.C48H70S2/c1-5-9-13-17-19-23-27-37(25-21-15-11-7-3)29-41-43-33-48-44(34-47(43)49-45(41)31-39(35-51)53-49)42(46-32-40(36-52)54-50(46)48)30-38(26-22-16-12-8-4)28-24-20-18-14-10-6-2;1-5-9-13-17-19-23-27-37(25-21-15-11-7-3)33-41-39-29-31-49-47(39)45-36-44-42(40-30-32-50-48(40)46(44)35-43(41)45)34-38(26-22-16-12-8-4)28-24-20-18-14-10-6-2/h29-38H,5-28H2,1-4H3;29-38H,5-28H2,1-4H3. The van der Waals surface area contributed by atoms with Crippen molar-refractivity contribution in [2.24, 2.45) is 23.7 Å². The van der Waals surface area contributed by atoms with Crippen molar-refractivity contribution in [3.63, 3.8) is 0 Å². The second-order valence-corrected chi connectivity index (χ2v) is 36.2. The summed E-state index contributed by atoms with van der Waals surface area (Å²) in [6, 6.07) is 19.4. The van der Waals surface area contributed by atoms with Gasteiger partial charge in [-0.1, -0.05) is 337 Å². The van der Waals surface area contributed by atoms with E-state index in [1.807, 2.05) is 22.7 Å². The Hall–Kier alpha value is -4.46. The smallest absolute Gasteiger partial charge is 0.160 e. The first-order valence-corrected chi connectivity index (χ1v) is 47.3. The van der Waals surface area contributed by atoms with Crippen LogP contribution in [0.5, 0.6) is 0 Å². The SMILES string of the molecule is CCCCCCCCC(C=C1c2cc3c(cc2-c2sc(C=O)cc21)C(=CC(CCCCCC)CCCCCCCC)c1cc(C=O)sc1-3)CCCCCC.CCCCCCCCC(C=C1c2cc3c(cc2-c2sccc21)C(=CC(CCCCCC)CCCCCCCC)c1ccsc1-3)CCCCCC. The molecule has 0 aliphatic heterocycles. The summed E-state index contributed by atoms with van der Waals surface area (Å²) in [4.78, 5) is 31.6. The van der Waals surface area contributed by atoms with Gasteiger partial charge in [0.1, 0.15) is 0 Å². The normalized spacial score (nSPS) is 15.6. The van der Waals surface area contributed by atoms with Crippen LogP contribution < -0.4 is 0 Å². The predicted octanol–water partition coefficient (Wildman–Crippen LogP) is 34.2. The van der Waals surface area contributed by atoms with Crippen molar-refractivity contribution in [1.82, 2.24) is 0 Å². The molecule has 0 saturated heterocycles. The first kappa shape index (κ1) is 83.6. The van der Waals surface area contributed by atoms with E-state index in [1.54, 1.807) is 22.7 Å². The van der Waals surface area contributed by atoms with E-state index in [1.165, 1.54) is 417 Å². The zero-order valence-electron chi connectivity index (χ0n) is 66.9. The van der Waals surface area contributed by atoms with Gasteiger partial charge in [0.25, 0.3) is 0 Å². The van der Waals surface area contributed by atoms with E-state index in [2.05, 4.69) is 139 Å². The molecule has 0 spiro atoms. The Labute approximate surface area is 651 Å². The molecule has 6 heteroatoms. The largest absolute Gasteiger partial charge is 0.297 e. The second kappa shape index (κ2) is 46.8. The Kier molecular flexibility index (Phi) is 37.6. The fourth-order valence-corrected chi connectivity index (χ4v) is 21.5. The van der Waals surface area contributed by atoms with Gasteiger partial charge in [-0.2, -0.15) is 0 Å². The monoisotopic (exact) mass is 1480 g/mol. The topological polar surface area (TPSA) is 34.1 Å². The molecular weight excluding hydrogens is 1340 g/mol. The third kappa shape index (κ3) is 23.8. The molecule has 4 aromatic heterocycles. The minimum Gasteiger partial charge on any atom is -0.297 e. The zero-order chi connectivity index (χ0) is 73.1. The van der Waals surface area contributed by atoms with Crippen molar-refractivity contribution in [2.75, 3.05) is 0 Å². The Morgan fingerprint density at radius 2 is 0.452 bits per heavy atom. The van der Waals surface area contributed by atoms with E-state index < -0.39 is 0 Å². The van der Waals surface area contributed by atoms with Crippen molar-refractivity contribution >= 4 is 80.2 Å². The number of allylic oxidation sites excluding steroid dienone is 4. The van der Waals surface area contributed by atoms with Gasteiger partial charge in [0.2, 0.25) is 0 Å². The molecular formula is C98H140O2S4. The first-order chi connectivity index (χ1) is 51.3. The molecule has 568 valence electrons. The van der Waals surface area contributed by atoms with Crippen LogP contribution in [0.3, 0.4) is 0 Å². The summed E-state index contributed by atoms with van der Waals surface area (Å²) in [7, 11) is 0. The van der Waals surface area contributed by atoms with E-state index in [0.29, 0.717) is 23.7 Å². The van der Waals surface area contributed by atoms with Crippen LogP contribution in [0.15, 0.2) is 83.6 Å². The summed E-state index contributed by atoms with van der Waals surface area (Å²) in [5.41, 5.74) is 22.5. The Morgan fingerprint density at radius 1 is 0.240 bits per heavy atom. The molecule has 4 aliphatic carbocycles. The van der Waals surface area contributed by atoms with Gasteiger partial charge in [0, 0.05) is 64.0 Å². The lowest BCUT2D eigenvalue weighted by atomic mass is 9.88. The molecule has 4 unspecified atom stereocenters. The van der Waals surface area contributed by atoms with Gasteiger partial charge in [0.15, 0.2) is 12.6 Å². The van der Waals surface area contributed by atoms with Gasteiger partial charge in [-0.05, 0) is 179 Å². The second-order valence-electron chi connectivity index (χ2n) is 32.2. The third-order valence-electron chi connectivity index (χ3n) is 23.7. The highest BCUT2D eigenvalue weighted by Crippen LogP contribution is 2.58. The van der Waals surface area contributed by atoms with Crippen LogP contribution in [-0.4, -0.2) is 12.6 Å². The van der Waals surface area contributed by atoms with Crippen LogP contribution in [0.4, 0.5) is 0 Å². The lowest BCUT2D eigenvalue weighted by Crippen LogP contribution is -2.00. The van der Waals surface area contributed by atoms with E-state index in [4.69, 9.17) is 0 Å². The highest BCUT2D eigenvalue weighted by Gasteiger charge is 2.36. The maximum Gasteiger partial charge on any atom is 0.160 e. The molecule has 2 nitrogen and oxygen atoms in total. The van der Waals surface area contributed by atoms with Gasteiger partial charge in [0.05, 0.1) is 9.75 Å². The van der Waals surface area contributed by atoms with Gasteiger partial charge in [-0.25, -0.2) is 0 Å². The Morgan fingerprint density at radius 3 is 0.692 bits per heavy atom. The maximum atomic E-state index is 12.2. The maximum absolute atomic E-state index is 12.2. The van der Waals surface area contributed by atoms with E-state index in [0.717, 1.165) is 22.3 Å². The number of aldehydes is 2. The summed E-state index contributed by atoms with van der Waals surface area (Å²) < 4.78 is 0. The molecule has 0 saturated carbocycles. The minimum absolute atomic E-state index is 0.541. The molecule has 10 rings (SSSR count). The molecule has 104 heavy (non-hydrogen) atoms. The minimum atomic E-state index is 0.541. The molecule has 0 N–H and O–H groups in total. The summed E-state index contributed by atoms with van der Waals surface area (Å²) >= 11 is 7.25. The van der Waals surface area contributed by atoms with Crippen LogP contribution in [-0.2, 0) is 0 Å². The van der Waals surface area contributed by atoms with Crippen LogP contribution in [0, 0.1) is 23.7 Å². The molecule has 0 radical (unpaired) electrons. The molecule has 0 fully saturated rings. The molecule has 0 amide bonds. The number of carbonyl (C=O) groups is 2. The van der Waals surface area contributed by atoms with Crippen LogP contribution >= 0.6 is 45.3 Å². The number of carbonyl (C=O) groups excluding carboxylic acids is 2. The van der Waals surface area contributed by atoms with Crippen LogP contribution in [0.1, 0.15) is 427 Å². The van der Waals surface area contributed by atoms with E-state index >= 15 is 0 Å². The number of unbranched alkanes of at least 4 members (excludes halogenated alkanes) is 32. The zero-order valence-corrected chi connectivity index (χ0v) is 70.2. The summed E-state index contributed by atoms with van der Waals surface area (Å²) in [6.07, 6.45) is 77.0. The molecule has 6 aromatic rings. The summed E-state index contributed by atoms with van der Waals surface area (Å²) in [5, 5.41) is 4.69. The lowest BCUT2D eigenvalue weighted by Gasteiger charge is -2.16. The Bertz CT molecular complexity index is 3400. The number of thiophene rings is 4. The molecule has 2 aromatic carbocycles. The van der Waals surface area contributed by atoms with Gasteiger partial charge < -0.3 is 0 Å². The first-order valence-electron chi connectivity index (χ1n) is 43.9. The lowest BCUT2D eigenvalue weighted by molar-refractivity contribution is 0.111. The average molecular weight is 1480 g/mol. The number of hydrogen-bond donors (Lipinski definition) is 0. The number of fused-ring (bicyclic) bond motifs is 12. The van der Waals surface area contributed by atoms with Gasteiger partial charge in [-0.15, -0.1) is 45.3 Å². The number of hydrogen-bond acceptors (Lipinski definition) is 6. The van der Waals surface area contributed by atoms with Crippen molar-refractivity contribution in [3.05, 3.63) is 138 Å². The average Bonchev–Trinajstić information content (AvgIpc) is 1.56. The molecule has 4 aliphatic rings. The molecule has 4 heterocycles. The number of rotatable bonds is 54. The molecule has 0 bridgehead atoms. The fraction of sp³-hybridized carbons (Fsp3) is 0.612. The van der Waals surface area contributed by atoms with Crippen molar-refractivity contribution < 1.29 is 9.59 Å². The third-order valence-corrected chi connectivity index (χ3v) is 27.8. The predicted molar refractivity (Wildman–Crippen MR) is 466 cm³/mol. The van der Waals surface area contributed by atoms with Crippen LogP contribution in [0.2, 0.25) is 0 Å². The summed E-state index contributed by atoms with van der Waals surface area (Å²) in [6.45, 7) is 18.5. The van der Waals surface area contributed by atoms with E-state index in [9.17, 15) is 9.59 Å². The highest BCUT2D eigenvalue weighted by molar-refractivity contribution is 7.18. The van der Waals surface area contributed by atoms with Crippen molar-refractivity contribution in [3.8, 4) is 41.8 Å². The Balaban J connectivity index is 0.000000242. The van der Waals surface area contributed by atoms with Crippen molar-refractivity contribution in [2.45, 2.75) is 364 Å². The van der Waals surface area contributed by atoms with Gasteiger partial charge in [-0.3, -0.25) is 9.59 Å². The van der Waals surface area contributed by atoms with Crippen LogP contribution in [0.25, 0.3) is 64.1 Å². The van der Waals surface area contributed by atoms with Gasteiger partial charge >= 0.3 is 0 Å².